The number of fused-ring (bicyclic) bond motifs is 1. The Balaban J connectivity index is 1.98. The predicted molar refractivity (Wildman–Crippen MR) is 161 cm³/mol. The first-order valence-electron chi connectivity index (χ1n) is 15.3. The molecule has 1 aromatic carbocycles. The first-order chi connectivity index (χ1) is 17.8. The minimum atomic E-state index is -4.35. The minimum absolute atomic E-state index is 0.557. The molecule has 0 spiro atoms. The Morgan fingerprint density at radius 3 is 1.70 bits per heavy atom. The van der Waals surface area contributed by atoms with Gasteiger partial charge in [-0.15, -0.1) is 11.6 Å². The van der Waals surface area contributed by atoms with Crippen LogP contribution in [0.5, 0.6) is 0 Å². The van der Waals surface area contributed by atoms with Gasteiger partial charge in [0.15, 0.2) is 0 Å². The Kier molecular flexibility index (Phi) is 15.5. The zero-order chi connectivity index (χ0) is 27.0. The van der Waals surface area contributed by atoms with Crippen molar-refractivity contribution in [2.75, 3.05) is 0 Å². The van der Waals surface area contributed by atoms with Crippen LogP contribution in [-0.4, -0.2) is 18.2 Å². The molecule has 0 radical (unpaired) electrons. The summed E-state index contributed by atoms with van der Waals surface area (Å²) in [5, 5.41) is -1.07. The van der Waals surface area contributed by atoms with Gasteiger partial charge in [-0.25, -0.2) is 0 Å². The van der Waals surface area contributed by atoms with Crippen LogP contribution >= 0.6 is 11.6 Å². The van der Waals surface area contributed by atoms with Gasteiger partial charge in [0.25, 0.3) is 10.1 Å². The number of halogens is 1. The number of hydrogen-bond donors (Lipinski definition) is 1. The van der Waals surface area contributed by atoms with Gasteiger partial charge in [-0.05, 0) is 36.0 Å². The highest BCUT2D eigenvalue weighted by atomic mass is 35.5. The van der Waals surface area contributed by atoms with Crippen LogP contribution in [0.2, 0.25) is 0 Å². The molecule has 3 nitrogen and oxygen atoms in total. The van der Waals surface area contributed by atoms with E-state index in [9.17, 15) is 13.0 Å². The molecule has 0 aliphatic heterocycles. The average molecular weight is 553 g/mol. The van der Waals surface area contributed by atoms with Gasteiger partial charge >= 0.3 is 0 Å². The van der Waals surface area contributed by atoms with Crippen LogP contribution in [0.1, 0.15) is 153 Å². The van der Waals surface area contributed by atoms with Crippen LogP contribution in [-0.2, 0) is 15.0 Å². The number of rotatable bonds is 21. The summed E-state index contributed by atoms with van der Waals surface area (Å²) in [4.78, 5) is -1.12. The van der Waals surface area contributed by atoms with Crippen LogP contribution in [0.4, 0.5) is 0 Å². The van der Waals surface area contributed by atoms with Crippen molar-refractivity contribution in [1.82, 2.24) is 0 Å². The van der Waals surface area contributed by atoms with Gasteiger partial charge in [0.1, 0.15) is 5.25 Å². The van der Waals surface area contributed by atoms with Crippen molar-refractivity contribution in [1.29, 1.82) is 0 Å². The molecule has 2 atom stereocenters. The van der Waals surface area contributed by atoms with Crippen molar-refractivity contribution in [3.8, 4) is 0 Å². The SMILES string of the molecule is CCCCCCCCCCCC1=Cc2ccccc2C(Cl)(CCCCCCCCCCC)C1S(=O)(=O)O. The summed E-state index contributed by atoms with van der Waals surface area (Å²) in [5.41, 5.74) is 2.61. The summed E-state index contributed by atoms with van der Waals surface area (Å²) in [6, 6.07) is 7.88. The molecule has 1 aliphatic rings. The van der Waals surface area contributed by atoms with Crippen LogP contribution < -0.4 is 0 Å². The summed E-state index contributed by atoms with van der Waals surface area (Å²) in [7, 11) is -4.35. The lowest BCUT2D eigenvalue weighted by molar-refractivity contribution is 0.425. The smallest absolute Gasteiger partial charge is 0.273 e. The molecular weight excluding hydrogens is 500 g/mol. The summed E-state index contributed by atoms with van der Waals surface area (Å²) in [6.07, 6.45) is 24.9. The molecule has 0 bridgehead atoms. The average Bonchev–Trinajstić information content (AvgIpc) is 2.86. The summed E-state index contributed by atoms with van der Waals surface area (Å²) in [6.45, 7) is 4.48. The monoisotopic (exact) mass is 552 g/mol. The third-order valence-corrected chi connectivity index (χ3v) is 10.1. The molecule has 1 aliphatic carbocycles. The van der Waals surface area contributed by atoms with Crippen LogP contribution in [0, 0.1) is 0 Å². The fourth-order valence-electron chi connectivity index (χ4n) is 5.94. The van der Waals surface area contributed by atoms with E-state index in [0.29, 0.717) is 12.8 Å². The quantitative estimate of drug-likeness (QED) is 0.0936. The van der Waals surface area contributed by atoms with E-state index in [-0.39, 0.29) is 0 Å². The van der Waals surface area contributed by atoms with Crippen molar-refractivity contribution >= 4 is 27.8 Å². The van der Waals surface area contributed by atoms with Crippen molar-refractivity contribution in [3.05, 3.63) is 41.0 Å². The van der Waals surface area contributed by atoms with Gasteiger partial charge in [0.05, 0.1) is 4.87 Å². The lowest BCUT2D eigenvalue weighted by Gasteiger charge is -2.40. The topological polar surface area (TPSA) is 54.4 Å². The molecule has 1 N–H and O–H groups in total. The number of hydrogen-bond acceptors (Lipinski definition) is 2. The van der Waals surface area contributed by atoms with E-state index in [2.05, 4.69) is 13.8 Å². The van der Waals surface area contributed by atoms with Crippen molar-refractivity contribution in [3.63, 3.8) is 0 Å². The van der Waals surface area contributed by atoms with Crippen LogP contribution in [0.3, 0.4) is 0 Å². The Bertz CT molecular complexity index is 895. The molecule has 1 aromatic rings. The number of alkyl halides is 1. The zero-order valence-electron chi connectivity index (χ0n) is 23.7. The fourth-order valence-corrected chi connectivity index (χ4v) is 8.01. The molecule has 0 fully saturated rings. The normalized spacial score (nSPS) is 19.6. The Labute approximate surface area is 233 Å². The largest absolute Gasteiger partial charge is 0.285 e. The highest BCUT2D eigenvalue weighted by molar-refractivity contribution is 7.86. The molecule has 37 heavy (non-hydrogen) atoms. The minimum Gasteiger partial charge on any atom is -0.285 e. The van der Waals surface area contributed by atoms with E-state index >= 15 is 0 Å². The standard InChI is InChI=1S/C32H53ClO3S/c1-3-5-7-9-11-13-15-17-19-24-29-27-28-23-20-21-25-30(28)32(33,31(29)37(34,35)36)26-22-18-16-14-12-10-8-6-4-2/h20-21,23,25,27,31H,3-19,22,24,26H2,1-2H3,(H,34,35,36). The predicted octanol–water partition coefficient (Wildman–Crippen LogP) is 10.6. The Hall–Kier alpha value is -0.840. The van der Waals surface area contributed by atoms with E-state index in [1.807, 2.05) is 30.3 Å². The van der Waals surface area contributed by atoms with Crippen molar-refractivity contribution in [2.45, 2.75) is 152 Å². The van der Waals surface area contributed by atoms with E-state index < -0.39 is 20.2 Å². The lowest BCUT2D eigenvalue weighted by Crippen LogP contribution is -2.44. The molecule has 5 heteroatoms. The van der Waals surface area contributed by atoms with E-state index in [0.717, 1.165) is 48.8 Å². The van der Waals surface area contributed by atoms with Gasteiger partial charge in [-0.1, -0.05) is 153 Å². The zero-order valence-corrected chi connectivity index (χ0v) is 25.2. The highest BCUT2D eigenvalue weighted by Gasteiger charge is 2.50. The highest BCUT2D eigenvalue weighted by Crippen LogP contribution is 2.49. The molecule has 0 amide bonds. The number of benzene rings is 1. The van der Waals surface area contributed by atoms with E-state index in [4.69, 9.17) is 11.6 Å². The Morgan fingerprint density at radius 2 is 1.19 bits per heavy atom. The third kappa shape index (κ3) is 11.0. The maximum atomic E-state index is 12.8. The van der Waals surface area contributed by atoms with Crippen molar-refractivity contribution < 1.29 is 13.0 Å². The van der Waals surface area contributed by atoms with Gasteiger partial charge in [0, 0.05) is 0 Å². The van der Waals surface area contributed by atoms with Crippen LogP contribution in [0.15, 0.2) is 29.8 Å². The molecular formula is C32H53ClO3S. The third-order valence-electron chi connectivity index (χ3n) is 8.01. The molecule has 2 unspecified atom stereocenters. The second-order valence-electron chi connectivity index (χ2n) is 11.2. The lowest BCUT2D eigenvalue weighted by atomic mass is 9.77. The summed E-state index contributed by atoms with van der Waals surface area (Å²) >= 11 is 7.29. The van der Waals surface area contributed by atoms with Gasteiger partial charge < -0.3 is 0 Å². The molecule has 0 aromatic heterocycles. The molecule has 212 valence electrons. The summed E-state index contributed by atoms with van der Waals surface area (Å²) < 4.78 is 36.0. The maximum absolute atomic E-state index is 12.8. The molecule has 2 rings (SSSR count). The summed E-state index contributed by atoms with van der Waals surface area (Å²) in [5.74, 6) is 0. The second kappa shape index (κ2) is 17.7. The first-order valence-corrected chi connectivity index (χ1v) is 17.2. The van der Waals surface area contributed by atoms with E-state index in [1.54, 1.807) is 0 Å². The Morgan fingerprint density at radius 1 is 0.730 bits per heavy atom. The van der Waals surface area contributed by atoms with E-state index in [1.165, 1.54) is 83.5 Å². The molecule has 0 heterocycles. The molecule has 0 saturated carbocycles. The van der Waals surface area contributed by atoms with Crippen LogP contribution in [0.25, 0.3) is 6.08 Å². The molecule has 0 saturated heterocycles. The van der Waals surface area contributed by atoms with Gasteiger partial charge in [-0.2, -0.15) is 8.42 Å². The van der Waals surface area contributed by atoms with Gasteiger partial charge in [0.2, 0.25) is 0 Å². The van der Waals surface area contributed by atoms with Crippen molar-refractivity contribution in [2.24, 2.45) is 0 Å². The maximum Gasteiger partial charge on any atom is 0.273 e. The fraction of sp³-hybridized carbons (Fsp3) is 0.750. The first kappa shape index (κ1) is 32.4. The number of unbranched alkanes of at least 4 members (excludes halogenated alkanes) is 16. The second-order valence-corrected chi connectivity index (χ2v) is 13.4. The van der Waals surface area contributed by atoms with Gasteiger partial charge in [-0.3, -0.25) is 4.55 Å².